The molecule has 8 heteroatoms. The molecule has 1 aromatic carbocycles. The van der Waals surface area contributed by atoms with E-state index < -0.39 is 39.0 Å². The molecule has 0 bridgehead atoms. The van der Waals surface area contributed by atoms with Crippen LogP contribution in [-0.2, 0) is 20.3 Å². The number of nitrogen functional groups attached to an aromatic ring is 1. The highest BCUT2D eigenvalue weighted by Gasteiger charge is 2.22. The van der Waals surface area contributed by atoms with Gasteiger partial charge in [-0.2, -0.15) is 0 Å². The summed E-state index contributed by atoms with van der Waals surface area (Å²) in [7, 11) is -2.10. The van der Waals surface area contributed by atoms with Gasteiger partial charge in [0.25, 0.3) is 0 Å². The first-order valence-electron chi connectivity index (χ1n) is 6.47. The van der Waals surface area contributed by atoms with Crippen molar-refractivity contribution in [2.75, 3.05) is 24.7 Å². The molecule has 3 N–H and O–H groups in total. The number of nitrogens with one attached hydrogen (secondary N) is 1. The van der Waals surface area contributed by atoms with Crippen molar-refractivity contribution in [2.24, 2.45) is 0 Å². The zero-order valence-corrected chi connectivity index (χ0v) is 12.1. The minimum atomic E-state index is -2.10. The van der Waals surface area contributed by atoms with Gasteiger partial charge in [0.15, 0.2) is 0 Å². The van der Waals surface area contributed by atoms with Gasteiger partial charge < -0.3 is 15.8 Å². The van der Waals surface area contributed by atoms with E-state index in [1.54, 1.807) is 0 Å². The van der Waals surface area contributed by atoms with Crippen LogP contribution in [0.3, 0.4) is 0 Å². The molecule has 1 saturated heterocycles. The average molecular weight is 318 g/mol. The third-order valence-corrected chi connectivity index (χ3v) is 4.47. The number of carbonyl (C=O) groups excluding carboxylic acids is 1. The van der Waals surface area contributed by atoms with Gasteiger partial charge in [-0.15, -0.1) is 0 Å². The summed E-state index contributed by atoms with van der Waals surface area (Å²) >= 11 is 0. The highest BCUT2D eigenvalue weighted by molar-refractivity contribution is 7.85. The largest absolute Gasteiger partial charge is 0.399 e. The Balaban J connectivity index is 1.99. The quantitative estimate of drug-likeness (QED) is 0.810. The van der Waals surface area contributed by atoms with Crippen molar-refractivity contribution < 1.29 is 22.5 Å². The molecule has 5 nitrogen and oxygen atoms in total. The molecule has 0 saturated carbocycles. The normalized spacial score (nSPS) is 17.4. The zero-order valence-electron chi connectivity index (χ0n) is 11.2. The second kappa shape index (κ2) is 6.95. The second-order valence-corrected chi connectivity index (χ2v) is 6.15. The average Bonchev–Trinajstić information content (AvgIpc) is 2.38. The maximum absolute atomic E-state index is 13.6. The SMILES string of the molecule is Nc1cc(F)c(S(=O)CC(=O)NC2CCOCC2)c(F)c1. The van der Waals surface area contributed by atoms with Gasteiger partial charge in [-0.1, -0.05) is 0 Å². The van der Waals surface area contributed by atoms with Crippen molar-refractivity contribution >= 4 is 22.4 Å². The highest BCUT2D eigenvalue weighted by atomic mass is 32.2. The number of halogens is 2. The number of carbonyl (C=O) groups is 1. The van der Waals surface area contributed by atoms with Gasteiger partial charge in [0, 0.05) is 24.9 Å². The lowest BCUT2D eigenvalue weighted by Gasteiger charge is -2.23. The second-order valence-electron chi connectivity index (χ2n) is 4.76. The fourth-order valence-electron chi connectivity index (χ4n) is 2.10. The molecule has 1 aliphatic rings. The first kappa shape index (κ1) is 15.8. The van der Waals surface area contributed by atoms with E-state index in [1.165, 1.54) is 0 Å². The number of rotatable bonds is 4. The Kier molecular flexibility index (Phi) is 5.24. The molecule has 21 heavy (non-hydrogen) atoms. The Morgan fingerprint density at radius 1 is 1.33 bits per heavy atom. The number of amides is 1. The van der Waals surface area contributed by atoms with E-state index in [9.17, 15) is 17.8 Å². The number of nitrogens with two attached hydrogens (primary N) is 1. The molecule has 1 unspecified atom stereocenters. The van der Waals surface area contributed by atoms with Crippen LogP contribution in [0.15, 0.2) is 17.0 Å². The van der Waals surface area contributed by atoms with Crippen molar-refractivity contribution in [3.05, 3.63) is 23.8 Å². The Bertz CT molecular complexity index is 539. The lowest BCUT2D eigenvalue weighted by atomic mass is 10.1. The molecular formula is C13H16F2N2O3S. The van der Waals surface area contributed by atoms with Crippen LogP contribution in [0.5, 0.6) is 0 Å². The third kappa shape index (κ3) is 4.21. The smallest absolute Gasteiger partial charge is 0.233 e. The molecule has 1 aromatic rings. The number of ether oxygens (including phenoxy) is 1. The van der Waals surface area contributed by atoms with Gasteiger partial charge in [0.2, 0.25) is 5.91 Å². The predicted molar refractivity (Wildman–Crippen MR) is 74.0 cm³/mol. The maximum atomic E-state index is 13.6. The van der Waals surface area contributed by atoms with Gasteiger partial charge in [0.1, 0.15) is 22.3 Å². The van der Waals surface area contributed by atoms with Crippen molar-refractivity contribution in [1.82, 2.24) is 5.32 Å². The van der Waals surface area contributed by atoms with E-state index in [-0.39, 0.29) is 11.7 Å². The summed E-state index contributed by atoms with van der Waals surface area (Å²) in [5.41, 5.74) is 5.18. The first-order chi connectivity index (χ1) is 9.97. The lowest BCUT2D eigenvalue weighted by molar-refractivity contribution is -0.119. The van der Waals surface area contributed by atoms with Crippen LogP contribution < -0.4 is 11.1 Å². The third-order valence-electron chi connectivity index (χ3n) is 3.10. The van der Waals surface area contributed by atoms with Crippen LogP contribution in [0.1, 0.15) is 12.8 Å². The molecule has 116 valence electrons. The van der Waals surface area contributed by atoms with Gasteiger partial charge in [-0.05, 0) is 25.0 Å². The van der Waals surface area contributed by atoms with Crippen LogP contribution in [-0.4, -0.2) is 35.1 Å². The molecule has 1 fully saturated rings. The molecule has 2 rings (SSSR count). The topological polar surface area (TPSA) is 81.4 Å². The lowest BCUT2D eigenvalue weighted by Crippen LogP contribution is -2.41. The summed E-state index contributed by atoms with van der Waals surface area (Å²) in [6.45, 7) is 1.10. The Labute approximate surface area is 123 Å². The summed E-state index contributed by atoms with van der Waals surface area (Å²) < 4.78 is 44.3. The fourth-order valence-corrected chi connectivity index (χ4v) is 3.12. The minimum Gasteiger partial charge on any atom is -0.399 e. The Morgan fingerprint density at radius 2 is 1.90 bits per heavy atom. The molecule has 1 amide bonds. The fraction of sp³-hybridized carbons (Fsp3) is 0.462. The van der Waals surface area contributed by atoms with E-state index in [4.69, 9.17) is 10.5 Å². The molecule has 0 aromatic heterocycles. The number of benzene rings is 1. The molecule has 1 heterocycles. The number of hydrogen-bond acceptors (Lipinski definition) is 4. The molecule has 1 atom stereocenters. The van der Waals surface area contributed by atoms with Gasteiger partial charge in [-0.3, -0.25) is 9.00 Å². The van der Waals surface area contributed by atoms with E-state index in [2.05, 4.69) is 5.32 Å². The minimum absolute atomic E-state index is 0.0515. The van der Waals surface area contributed by atoms with Crippen LogP contribution in [0.4, 0.5) is 14.5 Å². The number of anilines is 1. The van der Waals surface area contributed by atoms with Crippen molar-refractivity contribution in [3.63, 3.8) is 0 Å². The molecule has 0 spiro atoms. The number of hydrogen-bond donors (Lipinski definition) is 2. The van der Waals surface area contributed by atoms with E-state index in [0.717, 1.165) is 12.1 Å². The summed E-state index contributed by atoms with van der Waals surface area (Å²) in [5, 5.41) is 2.69. The molecular weight excluding hydrogens is 302 g/mol. The molecule has 1 aliphatic heterocycles. The summed E-state index contributed by atoms with van der Waals surface area (Å²) in [5.74, 6) is -3.01. The summed E-state index contributed by atoms with van der Waals surface area (Å²) in [6.07, 6.45) is 1.34. The van der Waals surface area contributed by atoms with E-state index in [0.29, 0.717) is 26.1 Å². The van der Waals surface area contributed by atoms with E-state index >= 15 is 0 Å². The maximum Gasteiger partial charge on any atom is 0.233 e. The van der Waals surface area contributed by atoms with Crippen molar-refractivity contribution in [2.45, 2.75) is 23.8 Å². The summed E-state index contributed by atoms with van der Waals surface area (Å²) in [6, 6.07) is 1.71. The van der Waals surface area contributed by atoms with Crippen LogP contribution in [0.2, 0.25) is 0 Å². The Hall–Kier alpha value is -1.54. The van der Waals surface area contributed by atoms with Gasteiger partial charge in [0.05, 0.1) is 10.8 Å². The van der Waals surface area contributed by atoms with Crippen LogP contribution in [0.25, 0.3) is 0 Å². The van der Waals surface area contributed by atoms with Crippen LogP contribution in [0, 0.1) is 11.6 Å². The Morgan fingerprint density at radius 3 is 2.48 bits per heavy atom. The van der Waals surface area contributed by atoms with Crippen LogP contribution >= 0.6 is 0 Å². The van der Waals surface area contributed by atoms with Gasteiger partial charge >= 0.3 is 0 Å². The standard InChI is InChI=1S/C13H16F2N2O3S/c14-10-5-8(16)6-11(15)13(10)21(19)7-12(18)17-9-1-3-20-4-2-9/h5-6,9H,1-4,7,16H2,(H,17,18). The van der Waals surface area contributed by atoms with Crippen molar-refractivity contribution in [3.8, 4) is 0 Å². The van der Waals surface area contributed by atoms with Crippen molar-refractivity contribution in [1.29, 1.82) is 0 Å². The zero-order chi connectivity index (χ0) is 15.4. The molecule has 0 radical (unpaired) electrons. The van der Waals surface area contributed by atoms with E-state index in [1.807, 2.05) is 0 Å². The predicted octanol–water partition coefficient (Wildman–Crippen LogP) is 0.950. The highest BCUT2D eigenvalue weighted by Crippen LogP contribution is 2.20. The molecule has 0 aliphatic carbocycles. The monoisotopic (exact) mass is 318 g/mol. The first-order valence-corrected chi connectivity index (χ1v) is 7.79. The summed E-state index contributed by atoms with van der Waals surface area (Å²) in [4.78, 5) is 11.2. The van der Waals surface area contributed by atoms with Gasteiger partial charge in [-0.25, -0.2) is 8.78 Å².